The van der Waals surface area contributed by atoms with Gasteiger partial charge in [-0.2, -0.15) is 0 Å². The SMILES string of the molecule is CCCC(C)CC1(CNCC)CCOCC1. The van der Waals surface area contributed by atoms with Crippen LogP contribution in [0.15, 0.2) is 0 Å². The van der Waals surface area contributed by atoms with Gasteiger partial charge in [0.05, 0.1) is 0 Å². The van der Waals surface area contributed by atoms with Crippen molar-refractivity contribution in [3.63, 3.8) is 0 Å². The van der Waals surface area contributed by atoms with Crippen molar-refractivity contribution in [2.45, 2.75) is 52.9 Å². The Morgan fingerprint density at radius 1 is 1.25 bits per heavy atom. The van der Waals surface area contributed by atoms with E-state index in [2.05, 4.69) is 26.1 Å². The van der Waals surface area contributed by atoms with Gasteiger partial charge >= 0.3 is 0 Å². The summed E-state index contributed by atoms with van der Waals surface area (Å²) in [5.74, 6) is 0.863. The Balaban J connectivity index is 2.47. The first kappa shape index (κ1) is 14.0. The Bertz CT molecular complexity index is 176. The largest absolute Gasteiger partial charge is 0.381 e. The summed E-state index contributed by atoms with van der Waals surface area (Å²) in [4.78, 5) is 0. The summed E-state index contributed by atoms with van der Waals surface area (Å²) < 4.78 is 5.52. The highest BCUT2D eigenvalue weighted by atomic mass is 16.5. The molecule has 16 heavy (non-hydrogen) atoms. The summed E-state index contributed by atoms with van der Waals surface area (Å²) in [6.07, 6.45) is 6.54. The second kappa shape index (κ2) is 7.29. The van der Waals surface area contributed by atoms with Crippen molar-refractivity contribution in [1.29, 1.82) is 0 Å². The predicted octanol–water partition coefficient (Wildman–Crippen LogP) is 3.22. The van der Waals surface area contributed by atoms with Crippen molar-refractivity contribution >= 4 is 0 Å². The molecule has 1 aliphatic heterocycles. The molecule has 0 aromatic rings. The maximum atomic E-state index is 5.52. The molecule has 0 radical (unpaired) electrons. The van der Waals surface area contributed by atoms with Crippen LogP contribution in [0.5, 0.6) is 0 Å². The Morgan fingerprint density at radius 2 is 1.94 bits per heavy atom. The zero-order valence-corrected chi connectivity index (χ0v) is 11.3. The summed E-state index contributed by atoms with van der Waals surface area (Å²) >= 11 is 0. The third kappa shape index (κ3) is 4.42. The molecule has 0 amide bonds. The molecule has 2 nitrogen and oxygen atoms in total. The molecule has 1 atom stereocenters. The normalized spacial score (nSPS) is 21.9. The Morgan fingerprint density at radius 3 is 2.50 bits per heavy atom. The molecule has 0 aromatic carbocycles. The van der Waals surface area contributed by atoms with E-state index in [1.807, 2.05) is 0 Å². The molecular formula is C14H29NO. The number of hydrogen-bond donors (Lipinski definition) is 1. The van der Waals surface area contributed by atoms with Crippen LogP contribution in [0.4, 0.5) is 0 Å². The van der Waals surface area contributed by atoms with Gasteiger partial charge in [-0.05, 0) is 37.1 Å². The highest BCUT2D eigenvalue weighted by Gasteiger charge is 2.33. The average molecular weight is 227 g/mol. The molecule has 0 aliphatic carbocycles. The molecule has 0 aromatic heterocycles. The van der Waals surface area contributed by atoms with Crippen LogP contribution in [-0.4, -0.2) is 26.3 Å². The number of nitrogens with one attached hydrogen (secondary N) is 1. The van der Waals surface area contributed by atoms with E-state index in [4.69, 9.17) is 4.74 Å². The van der Waals surface area contributed by atoms with Crippen molar-refractivity contribution in [3.8, 4) is 0 Å². The topological polar surface area (TPSA) is 21.3 Å². The quantitative estimate of drug-likeness (QED) is 0.721. The fourth-order valence-corrected chi connectivity index (χ4v) is 2.98. The van der Waals surface area contributed by atoms with Gasteiger partial charge in [-0.3, -0.25) is 0 Å². The Hall–Kier alpha value is -0.0800. The molecule has 1 rings (SSSR count). The van der Waals surface area contributed by atoms with Crippen molar-refractivity contribution < 1.29 is 4.74 Å². The third-order valence-corrected chi connectivity index (χ3v) is 3.87. The van der Waals surface area contributed by atoms with Gasteiger partial charge in [0.15, 0.2) is 0 Å². The molecule has 2 heteroatoms. The first-order valence-electron chi connectivity index (χ1n) is 7.01. The van der Waals surface area contributed by atoms with Crippen LogP contribution in [0.25, 0.3) is 0 Å². The Kier molecular flexibility index (Phi) is 6.37. The Labute approximate surface area is 101 Å². The van der Waals surface area contributed by atoms with Gasteiger partial charge in [-0.15, -0.1) is 0 Å². The summed E-state index contributed by atoms with van der Waals surface area (Å²) in [7, 11) is 0. The molecule has 1 saturated heterocycles. The van der Waals surface area contributed by atoms with Gasteiger partial charge < -0.3 is 10.1 Å². The van der Waals surface area contributed by atoms with Crippen LogP contribution in [0, 0.1) is 11.3 Å². The van der Waals surface area contributed by atoms with Crippen LogP contribution < -0.4 is 5.32 Å². The highest BCUT2D eigenvalue weighted by molar-refractivity contribution is 4.85. The van der Waals surface area contributed by atoms with Crippen molar-refractivity contribution in [3.05, 3.63) is 0 Å². The third-order valence-electron chi connectivity index (χ3n) is 3.87. The fraction of sp³-hybridized carbons (Fsp3) is 1.00. The minimum atomic E-state index is 0.517. The summed E-state index contributed by atoms with van der Waals surface area (Å²) in [5.41, 5.74) is 0.517. The molecule has 1 fully saturated rings. The summed E-state index contributed by atoms with van der Waals surface area (Å²) in [6.45, 7) is 11.1. The van der Waals surface area contributed by atoms with Gasteiger partial charge in [0.25, 0.3) is 0 Å². The van der Waals surface area contributed by atoms with E-state index in [9.17, 15) is 0 Å². The first-order chi connectivity index (χ1) is 7.72. The minimum absolute atomic E-state index is 0.517. The van der Waals surface area contributed by atoms with Gasteiger partial charge in [0, 0.05) is 19.8 Å². The zero-order chi connectivity index (χ0) is 11.9. The second-order valence-corrected chi connectivity index (χ2v) is 5.49. The molecule has 0 spiro atoms. The van der Waals surface area contributed by atoms with Crippen molar-refractivity contribution in [2.75, 3.05) is 26.3 Å². The van der Waals surface area contributed by atoms with E-state index < -0.39 is 0 Å². The van der Waals surface area contributed by atoms with Crippen LogP contribution in [-0.2, 0) is 4.74 Å². The van der Waals surface area contributed by atoms with Crippen molar-refractivity contribution in [1.82, 2.24) is 5.32 Å². The smallest absolute Gasteiger partial charge is 0.0471 e. The van der Waals surface area contributed by atoms with Gasteiger partial charge in [0.2, 0.25) is 0 Å². The van der Waals surface area contributed by atoms with Gasteiger partial charge in [-0.25, -0.2) is 0 Å². The lowest BCUT2D eigenvalue weighted by Gasteiger charge is -2.39. The van der Waals surface area contributed by atoms with E-state index in [-0.39, 0.29) is 0 Å². The van der Waals surface area contributed by atoms with E-state index in [0.717, 1.165) is 25.7 Å². The van der Waals surface area contributed by atoms with Crippen molar-refractivity contribution in [2.24, 2.45) is 11.3 Å². The monoisotopic (exact) mass is 227 g/mol. The molecule has 0 bridgehead atoms. The van der Waals surface area contributed by atoms with E-state index in [0.29, 0.717) is 5.41 Å². The van der Waals surface area contributed by atoms with Crippen LogP contribution in [0.2, 0.25) is 0 Å². The van der Waals surface area contributed by atoms with Crippen LogP contribution in [0.3, 0.4) is 0 Å². The summed E-state index contributed by atoms with van der Waals surface area (Å²) in [5, 5.41) is 3.55. The molecule has 1 N–H and O–H groups in total. The standard InChI is InChI=1S/C14H29NO/c1-4-6-13(3)11-14(12-15-5-2)7-9-16-10-8-14/h13,15H,4-12H2,1-3H3. The minimum Gasteiger partial charge on any atom is -0.381 e. The number of rotatable bonds is 7. The first-order valence-corrected chi connectivity index (χ1v) is 7.01. The molecule has 1 heterocycles. The van der Waals surface area contributed by atoms with Gasteiger partial charge in [-0.1, -0.05) is 33.6 Å². The van der Waals surface area contributed by atoms with Gasteiger partial charge in [0.1, 0.15) is 0 Å². The molecule has 1 unspecified atom stereocenters. The zero-order valence-electron chi connectivity index (χ0n) is 11.3. The summed E-state index contributed by atoms with van der Waals surface area (Å²) in [6, 6.07) is 0. The maximum absolute atomic E-state index is 5.52. The lowest BCUT2D eigenvalue weighted by molar-refractivity contribution is 0.00290. The number of ether oxygens (including phenoxy) is 1. The fourth-order valence-electron chi connectivity index (χ4n) is 2.98. The predicted molar refractivity (Wildman–Crippen MR) is 69.7 cm³/mol. The number of hydrogen-bond acceptors (Lipinski definition) is 2. The molecule has 96 valence electrons. The van der Waals surface area contributed by atoms with Crippen LogP contribution >= 0.6 is 0 Å². The lowest BCUT2D eigenvalue weighted by atomic mass is 9.73. The van der Waals surface area contributed by atoms with Crippen LogP contribution in [0.1, 0.15) is 52.9 Å². The maximum Gasteiger partial charge on any atom is 0.0471 e. The molecule has 0 saturated carbocycles. The van der Waals surface area contributed by atoms with E-state index in [1.54, 1.807) is 0 Å². The highest BCUT2D eigenvalue weighted by Crippen LogP contribution is 2.37. The molecular weight excluding hydrogens is 198 g/mol. The second-order valence-electron chi connectivity index (χ2n) is 5.49. The van der Waals surface area contributed by atoms with E-state index >= 15 is 0 Å². The average Bonchev–Trinajstić information content (AvgIpc) is 2.28. The lowest BCUT2D eigenvalue weighted by Crippen LogP contribution is -2.40. The van der Waals surface area contributed by atoms with E-state index in [1.165, 1.54) is 38.6 Å². The molecule has 1 aliphatic rings.